The summed E-state index contributed by atoms with van der Waals surface area (Å²) in [7, 11) is 3.14. The number of aryl methyl sites for hydroxylation is 2. The number of nitrogens with zero attached hydrogens (tertiary/aromatic N) is 1. The van der Waals surface area contributed by atoms with E-state index in [0.717, 1.165) is 24.8 Å². The standard InChI is InChI=1S/C14H13F7O.C13H19NO2/c15-12(16,13(17,18)14(19,20)21)11(22)9-5-4-8-10-6-2-1-3-7-10;1-14(16-2)13(15)11-7-6-10-12-8-4-3-5-9-12/h1-3,6-7H,4-5,8-9H2;3-5,8-9H,6-7,10-11H2,1-2H3. The third-order valence-corrected chi connectivity index (χ3v) is 5.64. The van der Waals surface area contributed by atoms with Crippen LogP contribution in [0.3, 0.4) is 0 Å². The summed E-state index contributed by atoms with van der Waals surface area (Å²) in [6.45, 7) is 0. The Morgan fingerprint density at radius 2 is 1.13 bits per heavy atom. The van der Waals surface area contributed by atoms with Crippen LogP contribution < -0.4 is 0 Å². The molecule has 11 heteroatoms. The Bertz CT molecular complexity index is 968. The summed E-state index contributed by atoms with van der Waals surface area (Å²) in [5.74, 6) is -14.5. The Morgan fingerprint density at radius 1 is 0.711 bits per heavy atom. The molecule has 0 saturated carbocycles. The van der Waals surface area contributed by atoms with Gasteiger partial charge in [0.05, 0.1) is 7.11 Å². The quantitative estimate of drug-likeness (QED) is 0.150. The molecule has 2 rings (SSSR count). The molecule has 0 radical (unpaired) electrons. The first kappa shape index (κ1) is 33.1. The maximum absolute atomic E-state index is 13.0. The largest absolute Gasteiger partial charge is 0.460 e. The van der Waals surface area contributed by atoms with E-state index in [-0.39, 0.29) is 18.7 Å². The van der Waals surface area contributed by atoms with Crippen molar-refractivity contribution in [2.24, 2.45) is 0 Å². The number of hydrogen-bond donors (Lipinski definition) is 0. The van der Waals surface area contributed by atoms with E-state index in [0.29, 0.717) is 12.8 Å². The molecule has 2 aromatic carbocycles. The van der Waals surface area contributed by atoms with Gasteiger partial charge in [0.1, 0.15) is 0 Å². The van der Waals surface area contributed by atoms with Crippen molar-refractivity contribution in [3.63, 3.8) is 0 Å². The van der Waals surface area contributed by atoms with E-state index >= 15 is 0 Å². The molecule has 0 spiro atoms. The Morgan fingerprint density at radius 3 is 1.53 bits per heavy atom. The lowest BCUT2D eigenvalue weighted by Gasteiger charge is -2.26. The highest BCUT2D eigenvalue weighted by atomic mass is 19.4. The lowest BCUT2D eigenvalue weighted by Crippen LogP contribution is -2.56. The van der Waals surface area contributed by atoms with Crippen LogP contribution >= 0.6 is 0 Å². The van der Waals surface area contributed by atoms with Gasteiger partial charge in [-0.25, -0.2) is 5.06 Å². The lowest BCUT2D eigenvalue weighted by molar-refractivity contribution is -0.343. The van der Waals surface area contributed by atoms with E-state index in [2.05, 4.69) is 12.1 Å². The Kier molecular flexibility index (Phi) is 13.5. The predicted molar refractivity (Wildman–Crippen MR) is 129 cm³/mol. The Labute approximate surface area is 217 Å². The monoisotopic (exact) mass is 551 g/mol. The fraction of sp³-hybridized carbons (Fsp3) is 0.481. The molecule has 0 aliphatic rings. The molecule has 0 heterocycles. The van der Waals surface area contributed by atoms with Crippen LogP contribution in [0.4, 0.5) is 30.7 Å². The number of benzene rings is 2. The number of carbonyl (C=O) groups is 2. The highest BCUT2D eigenvalue weighted by Crippen LogP contribution is 2.47. The van der Waals surface area contributed by atoms with Crippen LogP contribution in [0.15, 0.2) is 60.7 Å². The predicted octanol–water partition coefficient (Wildman–Crippen LogP) is 7.22. The molecule has 0 aliphatic carbocycles. The molecule has 212 valence electrons. The minimum Gasteiger partial charge on any atom is -0.293 e. The summed E-state index contributed by atoms with van der Waals surface area (Å²) in [5, 5.41) is 1.28. The third-order valence-electron chi connectivity index (χ3n) is 5.64. The molecule has 0 fully saturated rings. The number of alkyl halides is 7. The van der Waals surface area contributed by atoms with E-state index in [1.54, 1.807) is 37.4 Å². The number of rotatable bonds is 13. The molecule has 4 nitrogen and oxygen atoms in total. The second-order valence-corrected chi connectivity index (χ2v) is 8.53. The van der Waals surface area contributed by atoms with E-state index in [1.165, 1.54) is 17.7 Å². The van der Waals surface area contributed by atoms with Gasteiger partial charge in [-0.2, -0.15) is 30.7 Å². The van der Waals surface area contributed by atoms with Crippen molar-refractivity contribution in [1.29, 1.82) is 0 Å². The van der Waals surface area contributed by atoms with E-state index < -0.39 is 30.2 Å². The highest BCUT2D eigenvalue weighted by Gasteiger charge is 2.75. The van der Waals surface area contributed by atoms with E-state index in [4.69, 9.17) is 4.84 Å². The van der Waals surface area contributed by atoms with Gasteiger partial charge in [-0.3, -0.25) is 14.4 Å². The third kappa shape index (κ3) is 10.4. The number of hydrogen-bond acceptors (Lipinski definition) is 3. The zero-order valence-electron chi connectivity index (χ0n) is 21.2. The van der Waals surface area contributed by atoms with Gasteiger partial charge in [-0.05, 0) is 49.7 Å². The molecule has 0 bridgehead atoms. The maximum Gasteiger partial charge on any atom is 0.460 e. The number of carbonyl (C=O) groups excluding carboxylic acids is 2. The molecule has 1 amide bonds. The second-order valence-electron chi connectivity index (χ2n) is 8.53. The van der Waals surface area contributed by atoms with Crippen molar-refractivity contribution in [1.82, 2.24) is 5.06 Å². The van der Waals surface area contributed by atoms with Crippen LogP contribution in [-0.2, 0) is 27.3 Å². The van der Waals surface area contributed by atoms with Gasteiger partial charge in [0.2, 0.25) is 11.7 Å². The zero-order valence-corrected chi connectivity index (χ0v) is 21.2. The first-order valence-corrected chi connectivity index (χ1v) is 12.0. The number of hydroxylamine groups is 2. The van der Waals surface area contributed by atoms with Crippen molar-refractivity contribution in [2.45, 2.75) is 69.4 Å². The summed E-state index contributed by atoms with van der Waals surface area (Å²) < 4.78 is 87.1. The average Bonchev–Trinajstić information content (AvgIpc) is 2.89. The summed E-state index contributed by atoms with van der Waals surface area (Å²) in [6.07, 6.45) is -3.55. The number of Topliss-reactive ketones (excluding diaryl/α,β-unsaturated/α-hetero) is 1. The van der Waals surface area contributed by atoms with Gasteiger partial charge < -0.3 is 0 Å². The van der Waals surface area contributed by atoms with E-state index in [9.17, 15) is 40.3 Å². The fourth-order valence-corrected chi connectivity index (χ4v) is 3.28. The number of halogens is 7. The molecule has 2 aromatic rings. The van der Waals surface area contributed by atoms with Crippen LogP contribution in [0.5, 0.6) is 0 Å². The van der Waals surface area contributed by atoms with Crippen LogP contribution in [0.25, 0.3) is 0 Å². The Balaban J connectivity index is 0.000000399. The zero-order chi connectivity index (χ0) is 28.8. The minimum absolute atomic E-state index is 0.0376. The summed E-state index contributed by atoms with van der Waals surface area (Å²) >= 11 is 0. The van der Waals surface area contributed by atoms with Gasteiger partial charge in [-0.15, -0.1) is 0 Å². The topological polar surface area (TPSA) is 46.6 Å². The highest BCUT2D eigenvalue weighted by molar-refractivity contribution is 5.86. The van der Waals surface area contributed by atoms with Gasteiger partial charge in [0.25, 0.3) is 0 Å². The molecule has 0 atom stereocenters. The van der Waals surface area contributed by atoms with Crippen molar-refractivity contribution in [2.75, 3.05) is 14.2 Å². The molecule has 0 aliphatic heterocycles. The van der Waals surface area contributed by atoms with Crippen molar-refractivity contribution in [3.05, 3.63) is 71.8 Å². The van der Waals surface area contributed by atoms with Gasteiger partial charge in [0.15, 0.2) is 0 Å². The maximum atomic E-state index is 13.0. The molecule has 0 aromatic heterocycles. The number of amides is 1. The average molecular weight is 552 g/mol. The van der Waals surface area contributed by atoms with Gasteiger partial charge in [0, 0.05) is 19.9 Å². The second kappa shape index (κ2) is 15.5. The molecule has 0 unspecified atom stereocenters. The van der Waals surface area contributed by atoms with Crippen LogP contribution in [0, 0.1) is 0 Å². The molecular weight excluding hydrogens is 519 g/mol. The molecule has 0 saturated heterocycles. The van der Waals surface area contributed by atoms with Crippen LogP contribution in [0.2, 0.25) is 0 Å². The van der Waals surface area contributed by atoms with Gasteiger partial charge >= 0.3 is 18.0 Å². The fourth-order valence-electron chi connectivity index (χ4n) is 3.28. The normalized spacial score (nSPS) is 11.9. The summed E-state index contributed by atoms with van der Waals surface area (Å²) in [6, 6.07) is 19.0. The number of unbranched alkanes of at least 4 members (excludes halogenated alkanes) is 2. The van der Waals surface area contributed by atoms with E-state index in [1.807, 2.05) is 18.2 Å². The molecule has 0 N–H and O–H groups in total. The Hall–Kier alpha value is -2.95. The van der Waals surface area contributed by atoms with Crippen LogP contribution in [-0.4, -0.2) is 48.9 Å². The van der Waals surface area contributed by atoms with Crippen LogP contribution in [0.1, 0.15) is 49.7 Å². The summed E-state index contributed by atoms with van der Waals surface area (Å²) in [4.78, 5) is 27.2. The summed E-state index contributed by atoms with van der Waals surface area (Å²) in [5.41, 5.74) is 2.18. The van der Waals surface area contributed by atoms with Crippen molar-refractivity contribution >= 4 is 11.7 Å². The first-order chi connectivity index (χ1) is 17.7. The molecular formula is C27H32F7NO3. The molecule has 38 heavy (non-hydrogen) atoms. The lowest BCUT2D eigenvalue weighted by atomic mass is 10.00. The SMILES string of the molecule is CON(C)C(=O)CCCCc1ccccc1.O=C(CCCCc1ccccc1)C(F)(F)C(F)(F)C(F)(F)F. The number of ketones is 1. The first-order valence-electron chi connectivity index (χ1n) is 12.0. The van der Waals surface area contributed by atoms with Crippen molar-refractivity contribution < 1.29 is 45.2 Å². The van der Waals surface area contributed by atoms with Gasteiger partial charge in [-0.1, -0.05) is 60.7 Å². The smallest absolute Gasteiger partial charge is 0.293 e. The van der Waals surface area contributed by atoms with Crippen molar-refractivity contribution in [3.8, 4) is 0 Å². The minimum atomic E-state index is -6.48.